The van der Waals surface area contributed by atoms with Crippen LogP contribution in [0.1, 0.15) is 16.7 Å². The second-order valence-electron chi connectivity index (χ2n) is 6.32. The molecule has 1 heterocycles. The highest BCUT2D eigenvalue weighted by Crippen LogP contribution is 2.24. The number of aromatic nitrogens is 1. The van der Waals surface area contributed by atoms with Gasteiger partial charge in [0.05, 0.1) is 6.20 Å². The van der Waals surface area contributed by atoms with Crippen LogP contribution in [0.2, 0.25) is 0 Å². The number of ether oxygens (including phenoxy) is 1. The van der Waals surface area contributed by atoms with Gasteiger partial charge in [0.15, 0.2) is 17.5 Å². The molecule has 28 heavy (non-hydrogen) atoms. The summed E-state index contributed by atoms with van der Waals surface area (Å²) in [4.78, 5) is 8.15. The van der Waals surface area contributed by atoms with Crippen LogP contribution < -0.4 is 15.4 Å². The van der Waals surface area contributed by atoms with E-state index in [9.17, 15) is 4.39 Å². The fraction of sp³-hybridized carbons (Fsp3) is 0.182. The molecular weight excluding hydrogens is 355 g/mol. The number of hydrogen-bond acceptors (Lipinski definition) is 3. The molecule has 0 atom stereocenters. The summed E-state index contributed by atoms with van der Waals surface area (Å²) in [7, 11) is 1.70. The Hall–Kier alpha value is -3.41. The highest BCUT2D eigenvalue weighted by atomic mass is 19.1. The standard InChI is InChI=1S/C22H23FN4O/c1-16-5-7-17(8-6-16)13-26-22(24-2)27-14-18-9-10-21(20(23)12-18)28-19-4-3-11-25-15-19/h3-12,15H,13-14H2,1-2H3,(H2,24,26,27). The third-order valence-electron chi connectivity index (χ3n) is 4.12. The summed E-state index contributed by atoms with van der Waals surface area (Å²) in [6.45, 7) is 3.16. The quantitative estimate of drug-likeness (QED) is 0.499. The van der Waals surface area contributed by atoms with Gasteiger partial charge in [-0.2, -0.15) is 0 Å². The van der Waals surface area contributed by atoms with Crippen molar-refractivity contribution < 1.29 is 9.13 Å². The van der Waals surface area contributed by atoms with E-state index in [2.05, 4.69) is 51.8 Å². The first-order chi connectivity index (χ1) is 13.6. The molecule has 1 aromatic heterocycles. The minimum Gasteiger partial charge on any atom is -0.453 e. The summed E-state index contributed by atoms with van der Waals surface area (Å²) < 4.78 is 19.8. The highest BCUT2D eigenvalue weighted by molar-refractivity contribution is 5.79. The van der Waals surface area contributed by atoms with Crippen LogP contribution in [0, 0.1) is 12.7 Å². The van der Waals surface area contributed by atoms with Crippen molar-refractivity contribution in [2.45, 2.75) is 20.0 Å². The van der Waals surface area contributed by atoms with Crippen LogP contribution >= 0.6 is 0 Å². The van der Waals surface area contributed by atoms with Crippen LogP contribution in [-0.4, -0.2) is 18.0 Å². The van der Waals surface area contributed by atoms with Gasteiger partial charge in [0, 0.05) is 26.3 Å². The molecule has 0 unspecified atom stereocenters. The normalized spacial score (nSPS) is 11.2. The van der Waals surface area contributed by atoms with E-state index in [0.29, 0.717) is 24.8 Å². The summed E-state index contributed by atoms with van der Waals surface area (Å²) in [6.07, 6.45) is 3.18. The average molecular weight is 378 g/mol. The maximum Gasteiger partial charge on any atom is 0.191 e. The van der Waals surface area contributed by atoms with Crippen molar-refractivity contribution >= 4 is 5.96 Å². The Morgan fingerprint density at radius 1 is 1.04 bits per heavy atom. The van der Waals surface area contributed by atoms with Gasteiger partial charge in [-0.05, 0) is 42.3 Å². The molecule has 144 valence electrons. The van der Waals surface area contributed by atoms with Crippen LogP contribution in [0.3, 0.4) is 0 Å². The van der Waals surface area contributed by atoms with E-state index in [0.717, 1.165) is 11.1 Å². The number of guanidine groups is 1. The number of nitrogens with one attached hydrogen (secondary N) is 2. The molecule has 0 spiro atoms. The lowest BCUT2D eigenvalue weighted by Crippen LogP contribution is -2.36. The van der Waals surface area contributed by atoms with Gasteiger partial charge in [-0.15, -0.1) is 0 Å². The van der Waals surface area contributed by atoms with Crippen molar-refractivity contribution in [2.75, 3.05) is 7.05 Å². The van der Waals surface area contributed by atoms with Crippen LogP contribution in [-0.2, 0) is 13.1 Å². The van der Waals surface area contributed by atoms with Crippen molar-refractivity contribution in [3.63, 3.8) is 0 Å². The molecule has 0 fully saturated rings. The van der Waals surface area contributed by atoms with Gasteiger partial charge in [-0.25, -0.2) is 4.39 Å². The molecule has 3 aromatic rings. The maximum atomic E-state index is 14.3. The SMILES string of the molecule is CN=C(NCc1ccc(C)cc1)NCc1ccc(Oc2cccnc2)c(F)c1. The van der Waals surface area contributed by atoms with E-state index in [-0.39, 0.29) is 5.75 Å². The van der Waals surface area contributed by atoms with E-state index < -0.39 is 5.82 Å². The van der Waals surface area contributed by atoms with Crippen molar-refractivity contribution in [2.24, 2.45) is 4.99 Å². The van der Waals surface area contributed by atoms with Gasteiger partial charge in [-0.3, -0.25) is 9.98 Å². The Labute approximate surface area is 164 Å². The molecule has 0 aliphatic heterocycles. The minimum absolute atomic E-state index is 0.165. The number of pyridine rings is 1. The molecule has 0 saturated heterocycles. The summed E-state index contributed by atoms with van der Waals surface area (Å²) in [6, 6.07) is 16.6. The van der Waals surface area contributed by atoms with Gasteiger partial charge >= 0.3 is 0 Å². The maximum absolute atomic E-state index is 14.3. The zero-order chi connectivity index (χ0) is 19.8. The number of benzene rings is 2. The first-order valence-electron chi connectivity index (χ1n) is 9.00. The Balaban J connectivity index is 1.54. The Bertz CT molecular complexity index is 927. The first-order valence-corrected chi connectivity index (χ1v) is 9.00. The lowest BCUT2D eigenvalue weighted by molar-refractivity contribution is 0.440. The number of hydrogen-bond donors (Lipinski definition) is 2. The Morgan fingerprint density at radius 3 is 2.39 bits per heavy atom. The number of aliphatic imine (C=N–C) groups is 1. The predicted octanol–water partition coefficient (Wildman–Crippen LogP) is 4.19. The van der Waals surface area contributed by atoms with Gasteiger partial charge in [-0.1, -0.05) is 35.9 Å². The third-order valence-corrected chi connectivity index (χ3v) is 4.12. The van der Waals surface area contributed by atoms with Gasteiger partial charge in [0.25, 0.3) is 0 Å². The lowest BCUT2D eigenvalue weighted by Gasteiger charge is -2.13. The molecule has 2 N–H and O–H groups in total. The molecule has 0 aliphatic rings. The van der Waals surface area contributed by atoms with Gasteiger partial charge in [0.2, 0.25) is 0 Å². The lowest BCUT2D eigenvalue weighted by atomic mass is 10.1. The molecule has 0 saturated carbocycles. The zero-order valence-corrected chi connectivity index (χ0v) is 15.9. The fourth-order valence-corrected chi connectivity index (χ4v) is 2.57. The fourth-order valence-electron chi connectivity index (χ4n) is 2.57. The van der Waals surface area contributed by atoms with Gasteiger partial charge in [0.1, 0.15) is 5.75 Å². The van der Waals surface area contributed by atoms with Crippen LogP contribution in [0.5, 0.6) is 11.5 Å². The molecule has 0 bridgehead atoms. The number of aryl methyl sites for hydroxylation is 1. The molecule has 0 aliphatic carbocycles. The molecule has 3 rings (SSSR count). The Morgan fingerprint density at radius 2 is 1.75 bits per heavy atom. The number of rotatable bonds is 6. The van der Waals surface area contributed by atoms with E-state index >= 15 is 0 Å². The molecular formula is C22H23FN4O. The molecule has 6 heteroatoms. The smallest absolute Gasteiger partial charge is 0.191 e. The van der Waals surface area contributed by atoms with E-state index in [1.165, 1.54) is 11.6 Å². The van der Waals surface area contributed by atoms with Gasteiger partial charge < -0.3 is 15.4 Å². The van der Waals surface area contributed by atoms with Crippen LogP contribution in [0.25, 0.3) is 0 Å². The Kier molecular flexibility index (Phi) is 6.57. The van der Waals surface area contributed by atoms with Crippen LogP contribution in [0.15, 0.2) is 72.0 Å². The largest absolute Gasteiger partial charge is 0.453 e. The molecule has 5 nitrogen and oxygen atoms in total. The topological polar surface area (TPSA) is 58.5 Å². The monoisotopic (exact) mass is 378 g/mol. The minimum atomic E-state index is -0.425. The summed E-state index contributed by atoms with van der Waals surface area (Å²) in [5, 5.41) is 6.43. The number of halogens is 1. The third kappa shape index (κ3) is 5.54. The van der Waals surface area contributed by atoms with Crippen LogP contribution in [0.4, 0.5) is 4.39 Å². The number of nitrogens with zero attached hydrogens (tertiary/aromatic N) is 2. The second kappa shape index (κ2) is 9.50. The zero-order valence-electron chi connectivity index (χ0n) is 15.9. The first kappa shape index (κ1) is 19.4. The summed E-state index contributed by atoms with van der Waals surface area (Å²) >= 11 is 0. The molecule has 2 aromatic carbocycles. The average Bonchev–Trinajstić information content (AvgIpc) is 2.72. The van der Waals surface area contributed by atoms with Crippen molar-refractivity contribution in [1.82, 2.24) is 15.6 Å². The molecule has 0 radical (unpaired) electrons. The van der Waals surface area contributed by atoms with Crippen molar-refractivity contribution in [1.29, 1.82) is 0 Å². The van der Waals surface area contributed by atoms with Crippen molar-refractivity contribution in [3.8, 4) is 11.5 Å². The second-order valence-corrected chi connectivity index (χ2v) is 6.32. The van der Waals surface area contributed by atoms with E-state index in [1.54, 1.807) is 37.6 Å². The molecule has 0 amide bonds. The highest BCUT2D eigenvalue weighted by Gasteiger charge is 2.07. The predicted molar refractivity (Wildman–Crippen MR) is 109 cm³/mol. The van der Waals surface area contributed by atoms with E-state index in [1.807, 2.05) is 6.07 Å². The summed E-state index contributed by atoms with van der Waals surface area (Å²) in [5.41, 5.74) is 3.18. The van der Waals surface area contributed by atoms with E-state index in [4.69, 9.17) is 4.74 Å². The summed E-state index contributed by atoms with van der Waals surface area (Å²) in [5.74, 6) is 0.883. The van der Waals surface area contributed by atoms with Crippen molar-refractivity contribution in [3.05, 3.63) is 89.5 Å².